The minimum atomic E-state index is -0.0585. The largest absolute Gasteiger partial charge is 0.504 e. The molecule has 33 heavy (non-hydrogen) atoms. The van der Waals surface area contributed by atoms with Gasteiger partial charge in [-0.2, -0.15) is 11.8 Å². The van der Waals surface area contributed by atoms with Crippen molar-refractivity contribution in [3.05, 3.63) is 47.0 Å². The van der Waals surface area contributed by atoms with E-state index in [1.807, 2.05) is 23.9 Å². The number of aryl methyl sites for hydroxylation is 1. The highest BCUT2D eigenvalue weighted by Crippen LogP contribution is 2.36. The lowest BCUT2D eigenvalue weighted by atomic mass is 9.86. The van der Waals surface area contributed by atoms with Crippen molar-refractivity contribution in [2.24, 2.45) is 0 Å². The Morgan fingerprint density at radius 2 is 1.67 bits per heavy atom. The number of aromatic hydroxyl groups is 4. The summed E-state index contributed by atoms with van der Waals surface area (Å²) in [6, 6.07) is 9.19. The van der Waals surface area contributed by atoms with Crippen LogP contribution in [0.15, 0.2) is 30.3 Å². The molecule has 182 valence electrons. The molecular formula is C27H39NO4S. The minimum Gasteiger partial charge on any atom is -0.504 e. The highest BCUT2D eigenvalue weighted by molar-refractivity contribution is 7.99. The molecule has 1 aliphatic rings. The standard InChI is InChI=1S/C27H39NO4S/c1-2-14-28(22-9-10-23-21(19-22)8-12-25(30)27(23)32)15-5-3-4-6-16-33-17-13-20-7-11-24(29)26(31)18-20/h7-8,11-12,18,22,29-32H,2-6,9-10,13-17,19H2,1H3/t22-/m0/s1. The van der Waals surface area contributed by atoms with Crippen LogP contribution in [0.1, 0.15) is 62.1 Å². The Kier molecular flexibility index (Phi) is 10.1. The van der Waals surface area contributed by atoms with E-state index in [1.54, 1.807) is 18.2 Å². The number of fused-ring (bicyclic) bond motifs is 1. The van der Waals surface area contributed by atoms with Crippen LogP contribution in [0.5, 0.6) is 23.0 Å². The van der Waals surface area contributed by atoms with Crippen molar-refractivity contribution in [2.45, 2.75) is 70.8 Å². The van der Waals surface area contributed by atoms with E-state index in [-0.39, 0.29) is 23.0 Å². The number of phenolic OH excluding ortho intramolecular Hbond substituents is 4. The molecule has 0 saturated heterocycles. The van der Waals surface area contributed by atoms with E-state index in [2.05, 4.69) is 11.8 Å². The van der Waals surface area contributed by atoms with Gasteiger partial charge >= 0.3 is 0 Å². The number of nitrogens with zero attached hydrogens (tertiary/aromatic N) is 1. The zero-order chi connectivity index (χ0) is 23.6. The van der Waals surface area contributed by atoms with Crippen LogP contribution in [0.4, 0.5) is 0 Å². The van der Waals surface area contributed by atoms with Crippen molar-refractivity contribution in [3.8, 4) is 23.0 Å². The molecule has 1 atom stereocenters. The third-order valence-corrected chi connectivity index (χ3v) is 7.70. The van der Waals surface area contributed by atoms with Crippen LogP contribution < -0.4 is 0 Å². The van der Waals surface area contributed by atoms with Crippen molar-refractivity contribution in [2.75, 3.05) is 24.6 Å². The molecule has 0 radical (unpaired) electrons. The molecule has 5 nitrogen and oxygen atoms in total. The molecular weight excluding hydrogens is 434 g/mol. The third-order valence-electron chi connectivity index (χ3n) is 6.63. The summed E-state index contributed by atoms with van der Waals surface area (Å²) >= 11 is 1.96. The van der Waals surface area contributed by atoms with Gasteiger partial charge < -0.3 is 25.3 Å². The van der Waals surface area contributed by atoms with E-state index in [0.29, 0.717) is 6.04 Å². The molecule has 0 saturated carbocycles. The number of hydrogen-bond acceptors (Lipinski definition) is 6. The maximum Gasteiger partial charge on any atom is 0.160 e. The lowest BCUT2D eigenvalue weighted by Gasteiger charge is -2.35. The van der Waals surface area contributed by atoms with Crippen molar-refractivity contribution >= 4 is 11.8 Å². The van der Waals surface area contributed by atoms with Gasteiger partial charge in [-0.1, -0.05) is 31.9 Å². The van der Waals surface area contributed by atoms with Crippen molar-refractivity contribution in [3.63, 3.8) is 0 Å². The Labute approximate surface area is 202 Å². The molecule has 0 spiro atoms. The number of phenols is 4. The van der Waals surface area contributed by atoms with Crippen molar-refractivity contribution < 1.29 is 20.4 Å². The average Bonchev–Trinajstić information content (AvgIpc) is 2.81. The Balaban J connectivity index is 1.30. The third kappa shape index (κ3) is 7.47. The smallest absolute Gasteiger partial charge is 0.160 e. The second-order valence-electron chi connectivity index (χ2n) is 9.10. The van der Waals surface area contributed by atoms with Crippen LogP contribution in [0.25, 0.3) is 0 Å². The fraction of sp³-hybridized carbons (Fsp3) is 0.556. The van der Waals surface area contributed by atoms with Gasteiger partial charge in [-0.3, -0.25) is 0 Å². The van der Waals surface area contributed by atoms with Gasteiger partial charge in [-0.05, 0) is 98.9 Å². The maximum atomic E-state index is 10.1. The Hall–Kier alpha value is -2.05. The lowest BCUT2D eigenvalue weighted by molar-refractivity contribution is 0.175. The summed E-state index contributed by atoms with van der Waals surface area (Å²) in [4.78, 5) is 2.63. The fourth-order valence-electron chi connectivity index (χ4n) is 4.77. The number of rotatable bonds is 13. The van der Waals surface area contributed by atoms with Crippen LogP contribution in [0, 0.1) is 0 Å². The van der Waals surface area contributed by atoms with Gasteiger partial charge in [0.2, 0.25) is 0 Å². The summed E-state index contributed by atoms with van der Waals surface area (Å²) in [7, 11) is 0. The Morgan fingerprint density at radius 3 is 2.45 bits per heavy atom. The van der Waals surface area contributed by atoms with Gasteiger partial charge in [0.05, 0.1) is 0 Å². The van der Waals surface area contributed by atoms with Gasteiger partial charge in [0, 0.05) is 11.6 Å². The van der Waals surface area contributed by atoms with Gasteiger partial charge in [0.25, 0.3) is 0 Å². The molecule has 3 rings (SSSR count). The molecule has 0 unspecified atom stereocenters. The van der Waals surface area contributed by atoms with Gasteiger partial charge in [0.15, 0.2) is 23.0 Å². The molecule has 2 aromatic rings. The highest BCUT2D eigenvalue weighted by atomic mass is 32.2. The van der Waals surface area contributed by atoms with E-state index in [0.717, 1.165) is 62.1 Å². The first-order chi connectivity index (χ1) is 16.0. The lowest BCUT2D eigenvalue weighted by Crippen LogP contribution is -2.40. The summed E-state index contributed by atoms with van der Waals surface area (Å²) in [5.41, 5.74) is 3.18. The van der Waals surface area contributed by atoms with Gasteiger partial charge in [-0.25, -0.2) is 0 Å². The van der Waals surface area contributed by atoms with Gasteiger partial charge in [-0.15, -0.1) is 0 Å². The molecule has 2 aromatic carbocycles. The number of benzene rings is 2. The van der Waals surface area contributed by atoms with Crippen molar-refractivity contribution in [1.82, 2.24) is 4.90 Å². The molecule has 0 heterocycles. The van der Waals surface area contributed by atoms with E-state index < -0.39 is 0 Å². The van der Waals surface area contributed by atoms with Crippen molar-refractivity contribution in [1.29, 1.82) is 0 Å². The summed E-state index contributed by atoms with van der Waals surface area (Å²) in [6.45, 7) is 4.49. The first-order valence-electron chi connectivity index (χ1n) is 12.3. The summed E-state index contributed by atoms with van der Waals surface area (Å²) in [5.74, 6) is 2.17. The van der Waals surface area contributed by atoms with Crippen LogP contribution >= 0.6 is 11.8 Å². The number of hydrogen-bond donors (Lipinski definition) is 4. The van der Waals surface area contributed by atoms with E-state index >= 15 is 0 Å². The molecule has 1 aliphatic carbocycles. The number of thioether (sulfide) groups is 1. The average molecular weight is 474 g/mol. The highest BCUT2D eigenvalue weighted by Gasteiger charge is 2.26. The van der Waals surface area contributed by atoms with E-state index in [1.165, 1.54) is 37.0 Å². The molecule has 0 aliphatic heterocycles. The van der Waals surface area contributed by atoms with E-state index in [9.17, 15) is 20.4 Å². The summed E-state index contributed by atoms with van der Waals surface area (Å²) in [6.07, 6.45) is 9.87. The van der Waals surface area contributed by atoms with Crippen LogP contribution in [0.2, 0.25) is 0 Å². The van der Waals surface area contributed by atoms with E-state index in [4.69, 9.17) is 0 Å². The first-order valence-corrected chi connectivity index (χ1v) is 13.5. The second kappa shape index (κ2) is 13.0. The fourth-order valence-corrected chi connectivity index (χ4v) is 5.76. The quantitative estimate of drug-likeness (QED) is 0.223. The maximum absolute atomic E-state index is 10.1. The predicted octanol–water partition coefficient (Wildman–Crippen LogP) is 5.61. The molecule has 0 amide bonds. The van der Waals surface area contributed by atoms with Crippen LogP contribution in [0.3, 0.4) is 0 Å². The first kappa shape index (κ1) is 25.6. The minimum absolute atomic E-state index is 0.00423. The monoisotopic (exact) mass is 473 g/mol. The molecule has 0 bridgehead atoms. The zero-order valence-corrected chi connectivity index (χ0v) is 20.6. The zero-order valence-electron chi connectivity index (χ0n) is 19.8. The van der Waals surface area contributed by atoms with Gasteiger partial charge in [0.1, 0.15) is 0 Å². The molecule has 6 heteroatoms. The Morgan fingerprint density at radius 1 is 0.879 bits per heavy atom. The summed E-state index contributed by atoms with van der Waals surface area (Å²) in [5, 5.41) is 38.8. The number of unbranched alkanes of at least 4 members (excludes halogenated alkanes) is 3. The molecule has 0 aromatic heterocycles. The SMILES string of the molecule is CCCN(CCCCCCSCCc1ccc(O)c(O)c1)[C@H]1CCc2c(ccc(O)c2O)C1. The summed E-state index contributed by atoms with van der Waals surface area (Å²) < 4.78 is 0. The van der Waals surface area contributed by atoms with Crippen LogP contribution in [-0.2, 0) is 19.3 Å². The van der Waals surface area contributed by atoms with Crippen LogP contribution in [-0.4, -0.2) is 56.0 Å². The molecule has 4 N–H and O–H groups in total. The normalized spacial score (nSPS) is 15.6. The molecule has 0 fully saturated rings. The topological polar surface area (TPSA) is 84.2 Å². The predicted molar refractivity (Wildman–Crippen MR) is 137 cm³/mol. The Bertz CT molecular complexity index is 889. The second-order valence-corrected chi connectivity index (χ2v) is 10.3.